The molecular formula is C14H15N3O2S. The summed E-state index contributed by atoms with van der Waals surface area (Å²) in [6.07, 6.45) is 2.18. The van der Waals surface area contributed by atoms with Gasteiger partial charge in [0.25, 0.3) is 5.91 Å². The van der Waals surface area contributed by atoms with Crippen molar-refractivity contribution in [2.75, 3.05) is 18.8 Å². The summed E-state index contributed by atoms with van der Waals surface area (Å²) >= 11 is 1.38. The number of rotatable bonds is 2. The number of nitrogens with two attached hydrogens (primary N) is 1. The van der Waals surface area contributed by atoms with Gasteiger partial charge in [0.05, 0.1) is 23.3 Å². The van der Waals surface area contributed by atoms with Gasteiger partial charge in [-0.05, 0) is 37.0 Å². The Labute approximate surface area is 120 Å². The van der Waals surface area contributed by atoms with E-state index < -0.39 is 5.60 Å². The maximum absolute atomic E-state index is 12.4. The minimum Gasteiger partial charge on any atom is -0.386 e. The first kappa shape index (κ1) is 12.1. The van der Waals surface area contributed by atoms with Crippen LogP contribution in [0.15, 0.2) is 18.2 Å². The number of amides is 1. The molecule has 1 aromatic carbocycles. The normalized spacial score (nSPS) is 20.9. The van der Waals surface area contributed by atoms with Gasteiger partial charge in [-0.1, -0.05) is 11.3 Å². The number of anilines is 1. The van der Waals surface area contributed by atoms with Crippen LogP contribution in [0.1, 0.15) is 23.2 Å². The molecule has 0 radical (unpaired) electrons. The highest BCUT2D eigenvalue weighted by Crippen LogP contribution is 2.44. The van der Waals surface area contributed by atoms with Gasteiger partial charge in [0.2, 0.25) is 0 Å². The fraction of sp³-hybridized carbons (Fsp3) is 0.429. The number of carbonyl (C=O) groups excluding carboxylic acids is 1. The Hall–Kier alpha value is -1.66. The van der Waals surface area contributed by atoms with Crippen LogP contribution in [-0.4, -0.2) is 39.6 Å². The van der Waals surface area contributed by atoms with E-state index >= 15 is 0 Å². The van der Waals surface area contributed by atoms with Crippen molar-refractivity contribution in [1.82, 2.24) is 9.88 Å². The molecule has 2 heterocycles. The van der Waals surface area contributed by atoms with Gasteiger partial charge >= 0.3 is 0 Å². The lowest BCUT2D eigenvalue weighted by molar-refractivity contribution is -0.0958. The highest BCUT2D eigenvalue weighted by molar-refractivity contribution is 7.22. The summed E-state index contributed by atoms with van der Waals surface area (Å²) < 4.78 is 0.923. The summed E-state index contributed by atoms with van der Waals surface area (Å²) in [4.78, 5) is 18.3. The van der Waals surface area contributed by atoms with Crippen molar-refractivity contribution in [3.63, 3.8) is 0 Å². The zero-order chi connectivity index (χ0) is 13.9. The Morgan fingerprint density at radius 1 is 1.45 bits per heavy atom. The Bertz CT molecular complexity index is 702. The lowest BCUT2D eigenvalue weighted by Crippen LogP contribution is -2.64. The minimum absolute atomic E-state index is 0.0239. The number of likely N-dealkylation sites (tertiary alicyclic amines) is 1. The zero-order valence-electron chi connectivity index (χ0n) is 10.9. The van der Waals surface area contributed by atoms with E-state index in [1.807, 2.05) is 12.1 Å². The number of β-amino-alcohol motifs (C(OH)–C–C–N with tert-alkyl or cyclic N) is 1. The van der Waals surface area contributed by atoms with Crippen molar-refractivity contribution in [2.24, 2.45) is 5.92 Å². The lowest BCUT2D eigenvalue weighted by atomic mass is 9.88. The molecule has 1 saturated heterocycles. The first-order valence-electron chi connectivity index (χ1n) is 6.73. The number of nitrogens with zero attached hydrogens (tertiary/aromatic N) is 2. The number of aliphatic hydroxyl groups is 1. The van der Waals surface area contributed by atoms with E-state index in [-0.39, 0.29) is 5.91 Å². The first-order chi connectivity index (χ1) is 9.55. The summed E-state index contributed by atoms with van der Waals surface area (Å²) in [7, 11) is 0. The largest absolute Gasteiger partial charge is 0.386 e. The van der Waals surface area contributed by atoms with E-state index in [0.717, 1.165) is 23.1 Å². The molecule has 1 aromatic heterocycles. The van der Waals surface area contributed by atoms with Crippen LogP contribution in [0.3, 0.4) is 0 Å². The van der Waals surface area contributed by atoms with Crippen molar-refractivity contribution in [1.29, 1.82) is 0 Å². The van der Waals surface area contributed by atoms with E-state index in [2.05, 4.69) is 4.98 Å². The maximum atomic E-state index is 12.4. The van der Waals surface area contributed by atoms with Gasteiger partial charge in [0, 0.05) is 5.56 Å². The highest BCUT2D eigenvalue weighted by atomic mass is 32.1. The van der Waals surface area contributed by atoms with Gasteiger partial charge in [-0.15, -0.1) is 0 Å². The second-order valence-corrected chi connectivity index (χ2v) is 6.84. The molecule has 104 valence electrons. The second-order valence-electron chi connectivity index (χ2n) is 5.77. The molecule has 2 aromatic rings. The second kappa shape index (κ2) is 3.93. The summed E-state index contributed by atoms with van der Waals surface area (Å²) in [5.41, 5.74) is 6.50. The molecule has 2 aliphatic rings. The average Bonchev–Trinajstić information content (AvgIpc) is 3.16. The van der Waals surface area contributed by atoms with Crippen molar-refractivity contribution in [3.05, 3.63) is 23.8 Å². The third kappa shape index (κ3) is 1.79. The predicted molar refractivity (Wildman–Crippen MR) is 77.6 cm³/mol. The molecule has 0 bridgehead atoms. The molecule has 1 aliphatic heterocycles. The standard InChI is InChI=1S/C14H15N3O2S/c15-13-16-10-4-1-8(5-11(10)20-13)12(18)17-6-14(19,7-17)9-2-3-9/h1,4-5,9,19H,2-3,6-7H2,(H2,15,16). The smallest absolute Gasteiger partial charge is 0.254 e. The van der Waals surface area contributed by atoms with Crippen LogP contribution in [0.4, 0.5) is 5.13 Å². The summed E-state index contributed by atoms with van der Waals surface area (Å²) in [5.74, 6) is 0.375. The summed E-state index contributed by atoms with van der Waals surface area (Å²) in [6.45, 7) is 0.915. The highest BCUT2D eigenvalue weighted by Gasteiger charge is 2.53. The van der Waals surface area contributed by atoms with Crippen molar-refractivity contribution < 1.29 is 9.90 Å². The van der Waals surface area contributed by atoms with Gasteiger partial charge in [-0.3, -0.25) is 4.79 Å². The quantitative estimate of drug-likeness (QED) is 0.877. The molecule has 0 spiro atoms. The number of hydrogen-bond acceptors (Lipinski definition) is 5. The SMILES string of the molecule is Nc1nc2ccc(C(=O)N3CC(O)(C4CC4)C3)cc2s1. The van der Waals surface area contributed by atoms with E-state index in [1.54, 1.807) is 11.0 Å². The monoisotopic (exact) mass is 289 g/mol. The predicted octanol–water partition coefficient (Wildman–Crippen LogP) is 1.48. The average molecular weight is 289 g/mol. The third-order valence-electron chi connectivity index (χ3n) is 4.21. The maximum Gasteiger partial charge on any atom is 0.254 e. The summed E-state index contributed by atoms with van der Waals surface area (Å²) in [6, 6.07) is 5.43. The molecule has 20 heavy (non-hydrogen) atoms. The Morgan fingerprint density at radius 2 is 2.20 bits per heavy atom. The van der Waals surface area contributed by atoms with Crippen molar-refractivity contribution >= 4 is 32.6 Å². The number of benzene rings is 1. The van der Waals surface area contributed by atoms with Crippen LogP contribution >= 0.6 is 11.3 Å². The van der Waals surface area contributed by atoms with Crippen LogP contribution < -0.4 is 5.73 Å². The first-order valence-corrected chi connectivity index (χ1v) is 7.54. The molecule has 5 nitrogen and oxygen atoms in total. The Morgan fingerprint density at radius 3 is 2.90 bits per heavy atom. The van der Waals surface area contributed by atoms with Crippen LogP contribution in [-0.2, 0) is 0 Å². The van der Waals surface area contributed by atoms with Gasteiger partial charge in [-0.2, -0.15) is 0 Å². The number of fused-ring (bicyclic) bond motifs is 1. The van der Waals surface area contributed by atoms with Gasteiger partial charge in [0.15, 0.2) is 5.13 Å². The minimum atomic E-state index is -0.630. The number of thiazole rings is 1. The van der Waals surface area contributed by atoms with E-state index in [4.69, 9.17) is 5.73 Å². The molecular weight excluding hydrogens is 274 g/mol. The molecule has 6 heteroatoms. The van der Waals surface area contributed by atoms with Crippen LogP contribution in [0.25, 0.3) is 10.2 Å². The molecule has 1 aliphatic carbocycles. The topological polar surface area (TPSA) is 79.5 Å². The van der Waals surface area contributed by atoms with Crippen LogP contribution in [0.2, 0.25) is 0 Å². The molecule has 1 amide bonds. The Kier molecular flexibility index (Phi) is 2.38. The van der Waals surface area contributed by atoms with Gasteiger partial charge in [0.1, 0.15) is 5.60 Å². The number of hydrogen-bond donors (Lipinski definition) is 2. The number of carbonyl (C=O) groups is 1. The van der Waals surface area contributed by atoms with Crippen LogP contribution in [0.5, 0.6) is 0 Å². The Balaban J connectivity index is 1.55. The molecule has 3 N–H and O–H groups in total. The zero-order valence-corrected chi connectivity index (χ0v) is 11.7. The van der Waals surface area contributed by atoms with Crippen LogP contribution in [0, 0.1) is 5.92 Å². The van der Waals surface area contributed by atoms with Crippen molar-refractivity contribution in [3.8, 4) is 0 Å². The van der Waals surface area contributed by atoms with E-state index in [0.29, 0.717) is 29.7 Å². The molecule has 1 saturated carbocycles. The van der Waals surface area contributed by atoms with E-state index in [1.165, 1.54) is 11.3 Å². The van der Waals surface area contributed by atoms with Gasteiger partial charge in [-0.25, -0.2) is 4.98 Å². The number of nitrogen functional groups attached to an aromatic ring is 1. The fourth-order valence-corrected chi connectivity index (χ4v) is 3.67. The lowest BCUT2D eigenvalue weighted by Gasteiger charge is -2.47. The van der Waals surface area contributed by atoms with Gasteiger partial charge < -0.3 is 15.7 Å². The fourth-order valence-electron chi connectivity index (χ4n) is 2.90. The third-order valence-corrected chi connectivity index (χ3v) is 5.05. The molecule has 4 rings (SSSR count). The molecule has 2 fully saturated rings. The van der Waals surface area contributed by atoms with Crippen molar-refractivity contribution in [2.45, 2.75) is 18.4 Å². The molecule has 0 atom stereocenters. The number of aromatic nitrogens is 1. The van der Waals surface area contributed by atoms with E-state index in [9.17, 15) is 9.90 Å². The summed E-state index contributed by atoms with van der Waals surface area (Å²) in [5, 5.41) is 10.8. The molecule has 0 unspecified atom stereocenters.